The van der Waals surface area contributed by atoms with E-state index in [9.17, 15) is 21.6 Å². The zero-order valence-electron chi connectivity index (χ0n) is 15.0. The van der Waals surface area contributed by atoms with Crippen LogP contribution in [0.3, 0.4) is 0 Å². The van der Waals surface area contributed by atoms with Crippen LogP contribution in [-0.4, -0.2) is 18.6 Å². The summed E-state index contributed by atoms with van der Waals surface area (Å²) in [5, 5.41) is 3.94. The number of benzene rings is 2. The van der Waals surface area contributed by atoms with E-state index in [-0.39, 0.29) is 11.3 Å². The number of sulfonamides is 1. The molecule has 10 heteroatoms. The quantitative estimate of drug-likeness (QED) is 0.637. The Kier molecular flexibility index (Phi) is 4.81. The molecule has 1 aliphatic rings. The molecule has 6 nitrogen and oxygen atoms in total. The summed E-state index contributed by atoms with van der Waals surface area (Å²) in [6, 6.07) is 9.99. The van der Waals surface area contributed by atoms with E-state index in [0.29, 0.717) is 28.9 Å². The fraction of sp³-hybridized carbons (Fsp3) is 0.263. The van der Waals surface area contributed by atoms with Gasteiger partial charge in [-0.3, -0.25) is 4.72 Å². The summed E-state index contributed by atoms with van der Waals surface area (Å²) in [6.45, 7) is 0. The molecule has 4 rings (SSSR count). The molecular weight excluding hydrogens is 407 g/mol. The summed E-state index contributed by atoms with van der Waals surface area (Å²) in [4.78, 5) is 4.07. The fourth-order valence-electron chi connectivity index (χ4n) is 2.81. The van der Waals surface area contributed by atoms with Crippen molar-refractivity contribution in [2.75, 3.05) is 4.72 Å². The minimum atomic E-state index is -4.54. The van der Waals surface area contributed by atoms with Crippen LogP contribution in [0.5, 0.6) is 0 Å². The molecule has 0 atom stereocenters. The van der Waals surface area contributed by atoms with E-state index in [2.05, 4.69) is 14.9 Å². The molecule has 1 saturated carbocycles. The average Bonchev–Trinajstić information content (AvgIpc) is 3.42. The van der Waals surface area contributed by atoms with Gasteiger partial charge in [-0.2, -0.15) is 18.2 Å². The highest BCUT2D eigenvalue weighted by Gasteiger charge is 2.31. The molecule has 0 amide bonds. The normalized spacial score (nSPS) is 14.7. The van der Waals surface area contributed by atoms with E-state index >= 15 is 0 Å². The number of para-hydroxylation sites is 1. The van der Waals surface area contributed by atoms with Crippen molar-refractivity contribution in [3.8, 4) is 0 Å². The van der Waals surface area contributed by atoms with Gasteiger partial charge in [0.1, 0.15) is 0 Å². The van der Waals surface area contributed by atoms with Gasteiger partial charge in [-0.05, 0) is 48.7 Å². The molecule has 2 aromatic carbocycles. The zero-order chi connectivity index (χ0) is 20.6. The summed E-state index contributed by atoms with van der Waals surface area (Å²) in [6.07, 6.45) is -2.25. The molecule has 0 unspecified atom stereocenters. The molecule has 0 radical (unpaired) electrons. The Morgan fingerprint density at radius 2 is 1.76 bits per heavy atom. The summed E-state index contributed by atoms with van der Waals surface area (Å²) >= 11 is 0. The Morgan fingerprint density at radius 3 is 2.41 bits per heavy atom. The maximum atomic E-state index is 12.7. The molecule has 0 aliphatic heterocycles. The standard InChI is InChI=1S/C19H16F3N3O3S/c20-19(21,22)14-7-9-15(10-8-14)29(26,27)25-16-4-2-1-3-13(16)11-17-23-18(24-28-17)12-5-6-12/h1-4,7-10,12,25H,5-6,11H2. The Balaban J connectivity index is 1.55. The van der Waals surface area contributed by atoms with Gasteiger partial charge in [0.25, 0.3) is 10.0 Å². The third-order valence-corrected chi connectivity index (χ3v) is 5.90. The van der Waals surface area contributed by atoms with Gasteiger partial charge in [0.05, 0.1) is 22.6 Å². The van der Waals surface area contributed by atoms with Crippen molar-refractivity contribution >= 4 is 15.7 Å². The lowest BCUT2D eigenvalue weighted by Crippen LogP contribution is -2.15. The topological polar surface area (TPSA) is 85.1 Å². The van der Waals surface area contributed by atoms with Crippen molar-refractivity contribution in [3.63, 3.8) is 0 Å². The van der Waals surface area contributed by atoms with Gasteiger partial charge in [0, 0.05) is 5.92 Å². The second-order valence-corrected chi connectivity index (χ2v) is 8.46. The fourth-order valence-corrected chi connectivity index (χ4v) is 3.91. The van der Waals surface area contributed by atoms with Crippen molar-refractivity contribution in [1.82, 2.24) is 10.1 Å². The van der Waals surface area contributed by atoms with E-state index in [1.54, 1.807) is 24.3 Å². The molecule has 3 aromatic rings. The second-order valence-electron chi connectivity index (χ2n) is 6.78. The van der Waals surface area contributed by atoms with E-state index in [0.717, 1.165) is 37.1 Å². The molecular formula is C19H16F3N3O3S. The first-order valence-electron chi connectivity index (χ1n) is 8.83. The Labute approximate surface area is 164 Å². The number of hydrogen-bond acceptors (Lipinski definition) is 5. The molecule has 0 saturated heterocycles. The van der Waals surface area contributed by atoms with Crippen LogP contribution in [0, 0.1) is 0 Å². The number of hydrogen-bond donors (Lipinski definition) is 1. The summed E-state index contributed by atoms with van der Waals surface area (Å²) in [5.41, 5.74) is -0.0211. The van der Waals surface area contributed by atoms with Crippen molar-refractivity contribution in [2.45, 2.75) is 36.3 Å². The molecule has 1 aromatic heterocycles. The Morgan fingerprint density at radius 1 is 1.07 bits per heavy atom. The number of nitrogens with one attached hydrogen (secondary N) is 1. The van der Waals surface area contributed by atoms with E-state index in [4.69, 9.17) is 4.52 Å². The highest BCUT2D eigenvalue weighted by atomic mass is 32.2. The second kappa shape index (κ2) is 7.18. The number of nitrogens with zero attached hydrogens (tertiary/aromatic N) is 2. The first-order chi connectivity index (χ1) is 13.7. The van der Waals surface area contributed by atoms with Crippen LogP contribution in [0.25, 0.3) is 0 Å². The molecule has 0 spiro atoms. The SMILES string of the molecule is O=S(=O)(Nc1ccccc1Cc1nc(C2CC2)no1)c1ccc(C(F)(F)F)cc1. The summed E-state index contributed by atoms with van der Waals surface area (Å²) in [5.74, 6) is 1.36. The maximum Gasteiger partial charge on any atom is 0.416 e. The molecule has 152 valence electrons. The van der Waals surface area contributed by atoms with Crippen LogP contribution < -0.4 is 4.72 Å². The van der Waals surface area contributed by atoms with Crippen molar-refractivity contribution < 1.29 is 26.1 Å². The van der Waals surface area contributed by atoms with Gasteiger partial charge >= 0.3 is 6.18 Å². The van der Waals surface area contributed by atoms with Crippen molar-refractivity contribution in [3.05, 3.63) is 71.4 Å². The van der Waals surface area contributed by atoms with Crippen molar-refractivity contribution in [2.24, 2.45) is 0 Å². The average molecular weight is 423 g/mol. The molecule has 1 N–H and O–H groups in total. The van der Waals surface area contributed by atoms with Crippen LogP contribution in [0.4, 0.5) is 18.9 Å². The van der Waals surface area contributed by atoms with Crippen LogP contribution in [-0.2, 0) is 22.6 Å². The number of rotatable bonds is 6. The molecule has 1 fully saturated rings. The van der Waals surface area contributed by atoms with Crippen LogP contribution in [0.15, 0.2) is 57.9 Å². The molecule has 29 heavy (non-hydrogen) atoms. The van der Waals surface area contributed by atoms with Gasteiger partial charge in [0.2, 0.25) is 5.89 Å². The smallest absolute Gasteiger partial charge is 0.339 e. The molecule has 1 heterocycles. The highest BCUT2D eigenvalue weighted by Crippen LogP contribution is 2.38. The molecule has 0 bridgehead atoms. The lowest BCUT2D eigenvalue weighted by Gasteiger charge is -2.12. The van der Waals surface area contributed by atoms with Crippen LogP contribution in [0.1, 0.15) is 41.6 Å². The van der Waals surface area contributed by atoms with Gasteiger partial charge in [-0.1, -0.05) is 23.4 Å². The Bertz CT molecular complexity index is 1120. The van der Waals surface area contributed by atoms with Crippen molar-refractivity contribution in [1.29, 1.82) is 0 Å². The Hall–Kier alpha value is -2.88. The molecule has 1 aliphatic carbocycles. The largest absolute Gasteiger partial charge is 0.416 e. The number of aromatic nitrogens is 2. The van der Waals surface area contributed by atoms with E-state index < -0.39 is 21.8 Å². The number of alkyl halides is 3. The van der Waals surface area contributed by atoms with Gasteiger partial charge < -0.3 is 4.52 Å². The minimum absolute atomic E-state index is 0.228. The number of halogens is 3. The zero-order valence-corrected chi connectivity index (χ0v) is 15.8. The lowest BCUT2D eigenvalue weighted by atomic mass is 10.1. The van der Waals surface area contributed by atoms with Gasteiger partial charge in [0.15, 0.2) is 5.82 Å². The third-order valence-electron chi connectivity index (χ3n) is 4.52. The van der Waals surface area contributed by atoms with Crippen LogP contribution in [0.2, 0.25) is 0 Å². The van der Waals surface area contributed by atoms with Crippen LogP contribution >= 0.6 is 0 Å². The predicted molar refractivity (Wildman–Crippen MR) is 97.8 cm³/mol. The third kappa shape index (κ3) is 4.42. The summed E-state index contributed by atoms with van der Waals surface area (Å²) in [7, 11) is -4.07. The monoisotopic (exact) mass is 423 g/mol. The highest BCUT2D eigenvalue weighted by molar-refractivity contribution is 7.92. The predicted octanol–water partition coefficient (Wildman–Crippen LogP) is 4.36. The number of anilines is 1. The first-order valence-corrected chi connectivity index (χ1v) is 10.3. The summed E-state index contributed by atoms with van der Waals surface area (Å²) < 4.78 is 71.0. The minimum Gasteiger partial charge on any atom is -0.339 e. The maximum absolute atomic E-state index is 12.7. The first kappa shape index (κ1) is 19.4. The van der Waals surface area contributed by atoms with Gasteiger partial charge in [-0.15, -0.1) is 0 Å². The van der Waals surface area contributed by atoms with E-state index in [1.807, 2.05) is 0 Å². The lowest BCUT2D eigenvalue weighted by molar-refractivity contribution is -0.137. The van der Waals surface area contributed by atoms with Gasteiger partial charge in [-0.25, -0.2) is 8.42 Å². The van der Waals surface area contributed by atoms with E-state index in [1.165, 1.54) is 0 Å².